The van der Waals surface area contributed by atoms with Crippen molar-refractivity contribution in [1.29, 1.82) is 0 Å². The molecule has 2 aromatic carbocycles. The first-order valence-corrected chi connectivity index (χ1v) is 10.6. The number of benzene rings is 2. The summed E-state index contributed by atoms with van der Waals surface area (Å²) in [5.41, 5.74) is 4.37. The summed E-state index contributed by atoms with van der Waals surface area (Å²) in [6.45, 7) is 9.02. The maximum Gasteiger partial charge on any atom is 0.180 e. The van der Waals surface area contributed by atoms with Crippen LogP contribution in [-0.2, 0) is 19.4 Å². The smallest absolute Gasteiger partial charge is 0.180 e. The number of H-pyrrole nitrogens is 1. The molecule has 7 heteroatoms. The molecule has 0 aliphatic carbocycles. The van der Waals surface area contributed by atoms with Crippen LogP contribution in [0.1, 0.15) is 37.5 Å². The van der Waals surface area contributed by atoms with Crippen LogP contribution in [-0.4, -0.2) is 35.4 Å². The molecule has 7 nitrogen and oxygen atoms in total. The molecule has 0 atom stereocenters. The zero-order valence-corrected chi connectivity index (χ0v) is 18.0. The third kappa shape index (κ3) is 4.94. The number of rotatable bonds is 9. The van der Waals surface area contributed by atoms with E-state index in [2.05, 4.69) is 71.4 Å². The van der Waals surface area contributed by atoms with Crippen molar-refractivity contribution < 1.29 is 0 Å². The highest BCUT2D eigenvalue weighted by molar-refractivity contribution is 5.80. The molecule has 0 spiro atoms. The molecule has 158 valence electrons. The summed E-state index contributed by atoms with van der Waals surface area (Å²) in [7, 11) is 0. The summed E-state index contributed by atoms with van der Waals surface area (Å²) < 4.78 is 2.03. The van der Waals surface area contributed by atoms with Gasteiger partial charge in [-0.15, -0.1) is 11.7 Å². The third-order valence-electron chi connectivity index (χ3n) is 5.08. The molecular formula is C24H27N7. The Hall–Kier alpha value is -3.61. The van der Waals surface area contributed by atoms with Gasteiger partial charge in [-0.2, -0.15) is 5.10 Å². The van der Waals surface area contributed by atoms with E-state index in [1.54, 1.807) is 0 Å². The quantitative estimate of drug-likeness (QED) is 0.409. The maximum absolute atomic E-state index is 4.82. The van der Waals surface area contributed by atoms with E-state index in [1.807, 2.05) is 29.0 Å². The molecule has 4 aromatic rings. The second-order valence-electron chi connectivity index (χ2n) is 8.01. The molecule has 1 N–H and O–H groups in total. The van der Waals surface area contributed by atoms with E-state index in [9.17, 15) is 0 Å². The number of aromatic nitrogens is 7. The van der Waals surface area contributed by atoms with Crippen LogP contribution in [0.25, 0.3) is 22.5 Å². The lowest BCUT2D eigenvalue weighted by Gasteiger charge is -2.09. The monoisotopic (exact) mass is 413 g/mol. The van der Waals surface area contributed by atoms with Crippen molar-refractivity contribution >= 4 is 0 Å². The van der Waals surface area contributed by atoms with Crippen molar-refractivity contribution in [3.63, 3.8) is 0 Å². The molecule has 0 bridgehead atoms. The molecule has 0 amide bonds. The summed E-state index contributed by atoms with van der Waals surface area (Å²) >= 11 is 0. The van der Waals surface area contributed by atoms with Gasteiger partial charge in [-0.05, 0) is 39.5 Å². The van der Waals surface area contributed by atoms with Crippen LogP contribution < -0.4 is 0 Å². The number of nitrogens with zero attached hydrogens (tertiary/aromatic N) is 6. The molecule has 0 radical (unpaired) electrons. The van der Waals surface area contributed by atoms with Crippen LogP contribution in [0.2, 0.25) is 0 Å². The lowest BCUT2D eigenvalue weighted by molar-refractivity contribution is 0.572. The van der Waals surface area contributed by atoms with Gasteiger partial charge in [0.15, 0.2) is 11.6 Å². The predicted molar refractivity (Wildman–Crippen MR) is 121 cm³/mol. The van der Waals surface area contributed by atoms with Gasteiger partial charge in [0.25, 0.3) is 0 Å². The van der Waals surface area contributed by atoms with Crippen molar-refractivity contribution in [3.05, 3.63) is 78.4 Å². The van der Waals surface area contributed by atoms with E-state index in [-0.39, 0.29) is 0 Å². The Labute approximate surface area is 182 Å². The van der Waals surface area contributed by atoms with Crippen molar-refractivity contribution in [1.82, 2.24) is 35.4 Å². The first-order valence-electron chi connectivity index (χ1n) is 10.6. The van der Waals surface area contributed by atoms with Gasteiger partial charge in [0.05, 0.1) is 0 Å². The topological polar surface area (TPSA) is 85.2 Å². The van der Waals surface area contributed by atoms with Crippen LogP contribution in [0.5, 0.6) is 0 Å². The van der Waals surface area contributed by atoms with Gasteiger partial charge in [-0.25, -0.2) is 14.8 Å². The van der Waals surface area contributed by atoms with Crippen LogP contribution >= 0.6 is 0 Å². The number of tetrazole rings is 1. The predicted octanol–water partition coefficient (Wildman–Crippen LogP) is 4.49. The Morgan fingerprint density at radius 1 is 1.06 bits per heavy atom. The van der Waals surface area contributed by atoms with Crippen molar-refractivity contribution in [3.8, 4) is 22.5 Å². The number of hydrogen-bond donors (Lipinski definition) is 1. The van der Waals surface area contributed by atoms with E-state index in [4.69, 9.17) is 10.1 Å². The van der Waals surface area contributed by atoms with Gasteiger partial charge in [-0.3, -0.25) is 0 Å². The highest BCUT2D eigenvalue weighted by Gasteiger charge is 2.13. The molecule has 4 rings (SSSR count). The van der Waals surface area contributed by atoms with Gasteiger partial charge in [0, 0.05) is 24.9 Å². The van der Waals surface area contributed by atoms with Gasteiger partial charge in [0.2, 0.25) is 0 Å². The number of aromatic amines is 1. The van der Waals surface area contributed by atoms with E-state index in [0.717, 1.165) is 54.1 Å². The van der Waals surface area contributed by atoms with E-state index in [1.165, 1.54) is 5.56 Å². The second kappa shape index (κ2) is 9.47. The highest BCUT2D eigenvalue weighted by Crippen LogP contribution is 2.30. The molecular weight excluding hydrogens is 386 g/mol. The minimum Gasteiger partial charge on any atom is -0.249 e. The Bertz CT molecular complexity index is 1130. The Kier molecular flexibility index (Phi) is 6.31. The SMILES string of the molecule is C=CCCn1nc(CC(C)C)nc1Cc1ccc(-c2ccccc2-c2nnn[nH]2)cc1. The largest absolute Gasteiger partial charge is 0.249 e. The van der Waals surface area contributed by atoms with Gasteiger partial charge < -0.3 is 0 Å². The van der Waals surface area contributed by atoms with Crippen molar-refractivity contribution in [2.24, 2.45) is 5.92 Å². The Morgan fingerprint density at radius 2 is 1.84 bits per heavy atom. The fourth-order valence-electron chi connectivity index (χ4n) is 3.60. The van der Waals surface area contributed by atoms with Gasteiger partial charge in [0.1, 0.15) is 5.82 Å². The Morgan fingerprint density at radius 3 is 2.52 bits per heavy atom. The fraction of sp³-hybridized carbons (Fsp3) is 0.292. The van der Waals surface area contributed by atoms with Crippen LogP contribution in [0.3, 0.4) is 0 Å². The highest BCUT2D eigenvalue weighted by atomic mass is 15.5. The lowest BCUT2D eigenvalue weighted by atomic mass is 9.98. The normalized spacial score (nSPS) is 11.2. The Balaban J connectivity index is 1.57. The molecule has 31 heavy (non-hydrogen) atoms. The summed E-state index contributed by atoms with van der Waals surface area (Å²) in [6.07, 6.45) is 4.43. The fourth-order valence-corrected chi connectivity index (χ4v) is 3.60. The molecule has 0 fully saturated rings. The summed E-state index contributed by atoms with van der Waals surface area (Å²) in [5.74, 6) is 3.10. The molecule has 0 saturated heterocycles. The second-order valence-corrected chi connectivity index (χ2v) is 8.01. The number of nitrogens with one attached hydrogen (secondary N) is 1. The zero-order valence-electron chi connectivity index (χ0n) is 18.0. The van der Waals surface area contributed by atoms with E-state index in [0.29, 0.717) is 11.7 Å². The van der Waals surface area contributed by atoms with Crippen molar-refractivity contribution in [2.45, 2.75) is 39.7 Å². The molecule has 0 aliphatic heterocycles. The van der Waals surface area contributed by atoms with Crippen LogP contribution in [0.4, 0.5) is 0 Å². The van der Waals surface area contributed by atoms with Gasteiger partial charge in [-0.1, -0.05) is 68.5 Å². The third-order valence-corrected chi connectivity index (χ3v) is 5.08. The number of hydrogen-bond acceptors (Lipinski definition) is 5. The average molecular weight is 414 g/mol. The molecule has 2 heterocycles. The molecule has 0 aliphatic rings. The lowest BCUT2D eigenvalue weighted by Crippen LogP contribution is -2.06. The average Bonchev–Trinajstić information content (AvgIpc) is 3.43. The minimum absolute atomic E-state index is 0.530. The number of aryl methyl sites for hydroxylation is 1. The summed E-state index contributed by atoms with van der Waals surface area (Å²) in [5, 5.41) is 19.0. The zero-order chi connectivity index (χ0) is 21.6. The first kappa shape index (κ1) is 20.7. The summed E-state index contributed by atoms with van der Waals surface area (Å²) in [6, 6.07) is 16.7. The first-order chi connectivity index (χ1) is 15.1. The minimum atomic E-state index is 0.530. The number of allylic oxidation sites excluding steroid dienone is 1. The van der Waals surface area contributed by atoms with Crippen LogP contribution in [0.15, 0.2) is 61.2 Å². The summed E-state index contributed by atoms with van der Waals surface area (Å²) in [4.78, 5) is 4.82. The maximum atomic E-state index is 4.82. The van der Waals surface area contributed by atoms with E-state index < -0.39 is 0 Å². The molecule has 0 saturated carbocycles. The van der Waals surface area contributed by atoms with E-state index >= 15 is 0 Å². The van der Waals surface area contributed by atoms with Crippen molar-refractivity contribution in [2.75, 3.05) is 0 Å². The standard InChI is InChI=1S/C24H27N7/c1-4-5-14-31-23(25-22(28-31)15-17(2)3)16-18-10-12-19(13-11-18)20-8-6-7-9-21(20)24-26-29-30-27-24/h4,6-13,17H,1,5,14-16H2,2-3H3,(H,26,27,29,30). The molecule has 0 unspecified atom stereocenters. The molecule has 2 aromatic heterocycles. The van der Waals surface area contributed by atoms with Gasteiger partial charge >= 0.3 is 0 Å². The van der Waals surface area contributed by atoms with Crippen LogP contribution in [0, 0.1) is 5.92 Å².